The molecule has 0 aromatic heterocycles. The minimum Gasteiger partial charge on any atom is -0.504 e. The third kappa shape index (κ3) is 4.09. The minimum atomic E-state index is -1.14. The van der Waals surface area contributed by atoms with E-state index in [2.05, 4.69) is 5.16 Å². The molecule has 0 radical (unpaired) electrons. The first kappa shape index (κ1) is 23.9. The van der Waals surface area contributed by atoms with E-state index in [1.54, 1.807) is 42.5 Å². The highest BCUT2D eigenvalue weighted by atomic mass is 16.7. The van der Waals surface area contributed by atoms with E-state index >= 15 is 0 Å². The molecule has 0 aliphatic carbocycles. The second-order valence-corrected chi connectivity index (χ2v) is 7.82. The third-order valence-electron chi connectivity index (χ3n) is 6.02. The highest BCUT2D eigenvalue weighted by Gasteiger charge is 2.45. The molecule has 3 aromatic carbocycles. The number of methoxy groups -OCH3 is 5. The van der Waals surface area contributed by atoms with Crippen LogP contribution in [0.2, 0.25) is 0 Å². The monoisotopic (exact) mass is 481 g/mol. The van der Waals surface area contributed by atoms with Crippen molar-refractivity contribution in [2.45, 2.75) is 12.0 Å². The van der Waals surface area contributed by atoms with E-state index in [-0.39, 0.29) is 11.5 Å². The number of phenols is 2. The minimum absolute atomic E-state index is 0.0201. The smallest absolute Gasteiger partial charge is 0.203 e. The first-order valence-electron chi connectivity index (χ1n) is 10.7. The fourth-order valence-electron chi connectivity index (χ4n) is 4.18. The molecule has 0 fully saturated rings. The predicted molar refractivity (Wildman–Crippen MR) is 128 cm³/mol. The Balaban J connectivity index is 1.88. The second-order valence-electron chi connectivity index (χ2n) is 7.82. The first-order chi connectivity index (χ1) is 16.9. The molecule has 0 saturated carbocycles. The van der Waals surface area contributed by atoms with E-state index in [0.29, 0.717) is 57.6 Å². The van der Waals surface area contributed by atoms with Gasteiger partial charge in [-0.2, -0.15) is 0 Å². The van der Waals surface area contributed by atoms with Crippen LogP contribution in [0.3, 0.4) is 0 Å². The van der Waals surface area contributed by atoms with E-state index in [1.807, 2.05) is 0 Å². The van der Waals surface area contributed by atoms with Crippen LogP contribution >= 0.6 is 0 Å². The fourth-order valence-corrected chi connectivity index (χ4v) is 4.18. The maximum absolute atomic E-state index is 10.5. The van der Waals surface area contributed by atoms with Crippen LogP contribution in [0.4, 0.5) is 0 Å². The van der Waals surface area contributed by atoms with E-state index in [9.17, 15) is 10.2 Å². The first-order valence-corrected chi connectivity index (χ1v) is 10.7. The van der Waals surface area contributed by atoms with Gasteiger partial charge in [-0.1, -0.05) is 11.2 Å². The lowest BCUT2D eigenvalue weighted by Gasteiger charge is -2.29. The van der Waals surface area contributed by atoms with Crippen molar-refractivity contribution in [3.8, 4) is 40.2 Å². The number of aromatic hydroxyl groups is 2. The molecule has 4 rings (SSSR count). The van der Waals surface area contributed by atoms with Gasteiger partial charge in [0.1, 0.15) is 0 Å². The Labute approximate surface area is 203 Å². The van der Waals surface area contributed by atoms with Gasteiger partial charge in [0.05, 0.1) is 41.3 Å². The van der Waals surface area contributed by atoms with E-state index in [0.717, 1.165) is 0 Å². The summed E-state index contributed by atoms with van der Waals surface area (Å²) in [6, 6.07) is 13.6. The SMILES string of the molecule is COc1ccc(C2(c3cc(OC)c(OC)c(OC)c3)CC(c3ccc(O)c(OC)c3)=NO2)cc1O. The Morgan fingerprint density at radius 3 is 1.91 bits per heavy atom. The van der Waals surface area contributed by atoms with Crippen LogP contribution in [0, 0.1) is 0 Å². The highest BCUT2D eigenvalue weighted by molar-refractivity contribution is 6.02. The molecular weight excluding hydrogens is 454 g/mol. The van der Waals surface area contributed by atoms with Crippen molar-refractivity contribution in [3.05, 3.63) is 65.2 Å². The molecule has 1 heterocycles. The molecule has 35 heavy (non-hydrogen) atoms. The number of rotatable bonds is 8. The number of benzene rings is 3. The lowest BCUT2D eigenvalue weighted by Crippen LogP contribution is -2.28. The summed E-state index contributed by atoms with van der Waals surface area (Å²) in [6.07, 6.45) is 0.297. The molecule has 2 N–H and O–H groups in total. The van der Waals surface area contributed by atoms with Crippen LogP contribution in [-0.4, -0.2) is 51.5 Å². The molecule has 3 aromatic rings. The largest absolute Gasteiger partial charge is 0.504 e. The van der Waals surface area contributed by atoms with Crippen molar-refractivity contribution in [1.29, 1.82) is 0 Å². The Hall–Kier alpha value is -4.27. The van der Waals surface area contributed by atoms with Crippen LogP contribution in [0.1, 0.15) is 23.1 Å². The molecule has 184 valence electrons. The van der Waals surface area contributed by atoms with Crippen molar-refractivity contribution in [2.24, 2.45) is 5.16 Å². The molecule has 0 amide bonds. The zero-order valence-corrected chi connectivity index (χ0v) is 20.1. The van der Waals surface area contributed by atoms with Crippen molar-refractivity contribution >= 4 is 5.71 Å². The molecular formula is C26H27NO8. The Morgan fingerprint density at radius 2 is 1.34 bits per heavy atom. The van der Waals surface area contributed by atoms with Crippen molar-refractivity contribution in [2.75, 3.05) is 35.5 Å². The molecule has 9 nitrogen and oxygen atoms in total. The lowest BCUT2D eigenvalue weighted by atomic mass is 9.81. The van der Waals surface area contributed by atoms with E-state index in [4.69, 9.17) is 28.5 Å². The summed E-state index contributed by atoms with van der Waals surface area (Å²) in [5.41, 5.74) is 1.49. The Morgan fingerprint density at radius 1 is 0.686 bits per heavy atom. The number of ether oxygens (including phenoxy) is 5. The quantitative estimate of drug-likeness (QED) is 0.493. The maximum atomic E-state index is 10.5. The van der Waals surface area contributed by atoms with Crippen LogP contribution in [0.15, 0.2) is 53.7 Å². The summed E-state index contributed by atoms with van der Waals surface area (Å²) >= 11 is 0. The molecule has 1 aliphatic rings. The molecule has 9 heteroatoms. The average molecular weight is 482 g/mol. The molecule has 0 bridgehead atoms. The molecule has 0 saturated heterocycles. The molecule has 1 atom stereocenters. The lowest BCUT2D eigenvalue weighted by molar-refractivity contribution is 0.0107. The van der Waals surface area contributed by atoms with Gasteiger partial charge in [-0.3, -0.25) is 0 Å². The molecule has 1 unspecified atom stereocenters. The van der Waals surface area contributed by atoms with E-state index in [1.165, 1.54) is 41.6 Å². The van der Waals surface area contributed by atoms with Gasteiger partial charge in [0.2, 0.25) is 5.75 Å². The number of hydrogen-bond donors (Lipinski definition) is 2. The van der Waals surface area contributed by atoms with E-state index < -0.39 is 5.60 Å². The third-order valence-corrected chi connectivity index (χ3v) is 6.02. The number of hydrogen-bond acceptors (Lipinski definition) is 9. The summed E-state index contributed by atoms with van der Waals surface area (Å²) in [5, 5.41) is 24.9. The van der Waals surface area contributed by atoms with Gasteiger partial charge < -0.3 is 38.7 Å². The number of phenolic OH excluding ortho intramolecular Hbond substituents is 2. The maximum Gasteiger partial charge on any atom is 0.203 e. The Kier molecular flexibility index (Phi) is 6.50. The van der Waals surface area contributed by atoms with Crippen molar-refractivity contribution < 1.29 is 38.7 Å². The van der Waals surface area contributed by atoms with Gasteiger partial charge in [-0.15, -0.1) is 0 Å². The molecule has 0 spiro atoms. The van der Waals surface area contributed by atoms with Gasteiger partial charge in [-0.05, 0) is 42.5 Å². The van der Waals surface area contributed by atoms with Crippen molar-refractivity contribution in [1.82, 2.24) is 0 Å². The predicted octanol–water partition coefficient (Wildman–Crippen LogP) is 4.21. The van der Waals surface area contributed by atoms with Gasteiger partial charge in [0.25, 0.3) is 0 Å². The highest BCUT2D eigenvalue weighted by Crippen LogP contribution is 2.49. The summed E-state index contributed by atoms with van der Waals surface area (Å²) < 4.78 is 27.1. The van der Waals surface area contributed by atoms with Crippen molar-refractivity contribution in [3.63, 3.8) is 0 Å². The van der Waals surface area contributed by atoms with Crippen LogP contribution in [0.5, 0.6) is 40.2 Å². The Bertz CT molecular complexity index is 1250. The van der Waals surface area contributed by atoms with Gasteiger partial charge in [0, 0.05) is 23.1 Å². The van der Waals surface area contributed by atoms with Gasteiger partial charge in [0.15, 0.2) is 40.1 Å². The standard InChI is InChI=1S/C26H27NO8/c1-30-21-9-7-16(11-20(21)29)26(17-12-23(32-3)25(34-5)24(13-17)33-4)14-18(27-35-26)15-6-8-19(28)22(10-15)31-2/h6-13,28-29H,14H2,1-5H3. The molecule has 1 aliphatic heterocycles. The van der Waals surface area contributed by atoms with Gasteiger partial charge >= 0.3 is 0 Å². The van der Waals surface area contributed by atoms with Crippen LogP contribution < -0.4 is 23.7 Å². The zero-order chi connectivity index (χ0) is 25.2. The topological polar surface area (TPSA) is 108 Å². The summed E-state index contributed by atoms with van der Waals surface area (Å²) in [5.74, 6) is 1.96. The summed E-state index contributed by atoms with van der Waals surface area (Å²) in [4.78, 5) is 6.17. The van der Waals surface area contributed by atoms with Crippen LogP contribution in [-0.2, 0) is 10.4 Å². The van der Waals surface area contributed by atoms with Crippen LogP contribution in [0.25, 0.3) is 0 Å². The summed E-state index contributed by atoms with van der Waals surface area (Å²) in [7, 11) is 7.56. The average Bonchev–Trinajstić information content (AvgIpc) is 3.34. The zero-order valence-electron chi connectivity index (χ0n) is 20.1. The normalized spacial score (nSPS) is 16.8. The fraction of sp³-hybridized carbons (Fsp3) is 0.269. The van der Waals surface area contributed by atoms with Gasteiger partial charge in [-0.25, -0.2) is 0 Å². The number of nitrogens with zero attached hydrogens (tertiary/aromatic N) is 1. The number of oxime groups is 1. The summed E-state index contributed by atoms with van der Waals surface area (Å²) in [6.45, 7) is 0. The second kappa shape index (κ2) is 9.54.